The van der Waals surface area contributed by atoms with Crippen molar-refractivity contribution in [3.63, 3.8) is 0 Å². The summed E-state index contributed by atoms with van der Waals surface area (Å²) in [5.74, 6) is -0.0204. The number of hydrogen-bond acceptors (Lipinski definition) is 7. The molecule has 0 saturated heterocycles. The van der Waals surface area contributed by atoms with E-state index in [-0.39, 0.29) is 24.9 Å². The highest BCUT2D eigenvalue weighted by atomic mass is 32.1. The molecule has 0 aromatic carbocycles. The highest BCUT2D eigenvalue weighted by Gasteiger charge is 2.39. The Bertz CT molecular complexity index is 999. The van der Waals surface area contributed by atoms with Crippen LogP contribution in [0.1, 0.15) is 36.8 Å². The van der Waals surface area contributed by atoms with Gasteiger partial charge in [-0.1, -0.05) is 13.3 Å². The number of ether oxygens (including phenoxy) is 1. The number of rotatable bonds is 5. The predicted octanol–water partition coefficient (Wildman–Crippen LogP) is 3.67. The molecular formula is C17H19F3N6OS. The molecule has 28 heavy (non-hydrogen) atoms. The minimum absolute atomic E-state index is 0.137. The van der Waals surface area contributed by atoms with Gasteiger partial charge in [0.25, 0.3) is 0 Å². The molecule has 0 aliphatic carbocycles. The topological polar surface area (TPSA) is 69.0 Å². The molecule has 4 heterocycles. The molecule has 0 bridgehead atoms. The number of aryl methyl sites for hydroxylation is 1. The van der Waals surface area contributed by atoms with Crippen LogP contribution < -0.4 is 9.64 Å². The van der Waals surface area contributed by atoms with E-state index in [1.54, 1.807) is 11.3 Å². The van der Waals surface area contributed by atoms with Crippen LogP contribution in [0.2, 0.25) is 0 Å². The van der Waals surface area contributed by atoms with Crippen molar-refractivity contribution in [3.8, 4) is 6.01 Å². The first-order valence-electron chi connectivity index (χ1n) is 9.08. The van der Waals surface area contributed by atoms with Gasteiger partial charge < -0.3 is 14.2 Å². The fraction of sp³-hybridized carbons (Fsp3) is 0.529. The van der Waals surface area contributed by atoms with Crippen LogP contribution in [-0.4, -0.2) is 37.9 Å². The Morgan fingerprint density at radius 3 is 2.71 bits per heavy atom. The Morgan fingerprint density at radius 2 is 2.00 bits per heavy atom. The van der Waals surface area contributed by atoms with Crippen LogP contribution in [0.4, 0.5) is 19.0 Å². The van der Waals surface area contributed by atoms with Gasteiger partial charge in [-0.2, -0.15) is 23.1 Å². The molecule has 3 aromatic heterocycles. The summed E-state index contributed by atoms with van der Waals surface area (Å²) in [7, 11) is 0. The lowest BCUT2D eigenvalue weighted by molar-refractivity contribution is -0.147. The summed E-state index contributed by atoms with van der Waals surface area (Å²) in [6.07, 6.45) is -2.56. The fourth-order valence-corrected chi connectivity index (χ4v) is 4.41. The minimum Gasteiger partial charge on any atom is -0.464 e. The number of alkyl halides is 3. The Hall–Kier alpha value is -2.43. The third kappa shape index (κ3) is 3.38. The average molecular weight is 412 g/mol. The largest absolute Gasteiger partial charge is 0.464 e. The first-order valence-corrected chi connectivity index (χ1v) is 9.89. The lowest BCUT2D eigenvalue weighted by atomic mass is 10.2. The predicted molar refractivity (Wildman–Crippen MR) is 98.7 cm³/mol. The molecule has 0 atom stereocenters. The molecule has 0 spiro atoms. The number of nitrogens with zero attached hydrogens (tertiary/aromatic N) is 6. The second kappa shape index (κ2) is 7.19. The molecule has 1 aliphatic rings. The van der Waals surface area contributed by atoms with E-state index in [9.17, 15) is 13.2 Å². The number of anilines is 1. The van der Waals surface area contributed by atoms with Crippen molar-refractivity contribution in [1.29, 1.82) is 0 Å². The monoisotopic (exact) mass is 412 g/mol. The maximum atomic E-state index is 13.1. The summed E-state index contributed by atoms with van der Waals surface area (Å²) in [6.45, 7) is 5.09. The van der Waals surface area contributed by atoms with Crippen LogP contribution in [0.5, 0.6) is 6.01 Å². The van der Waals surface area contributed by atoms with E-state index < -0.39 is 12.0 Å². The lowest BCUT2D eigenvalue weighted by Crippen LogP contribution is -2.36. The molecule has 4 rings (SSSR count). The highest BCUT2D eigenvalue weighted by molar-refractivity contribution is 7.18. The molecule has 0 unspecified atom stereocenters. The number of aromatic nitrogens is 5. The van der Waals surface area contributed by atoms with Gasteiger partial charge in [-0.3, -0.25) is 0 Å². The van der Waals surface area contributed by atoms with Gasteiger partial charge >= 0.3 is 12.2 Å². The smallest absolute Gasteiger partial charge is 0.451 e. The van der Waals surface area contributed by atoms with Crippen LogP contribution in [0.3, 0.4) is 0 Å². The van der Waals surface area contributed by atoms with Crippen LogP contribution >= 0.6 is 11.3 Å². The highest BCUT2D eigenvalue weighted by Crippen LogP contribution is 2.35. The van der Waals surface area contributed by atoms with Crippen LogP contribution in [0.25, 0.3) is 10.2 Å². The number of thiophene rings is 1. The zero-order chi connectivity index (χ0) is 19.9. The number of fused-ring (bicyclic) bond motifs is 2. The SMILES string of the molecule is CCCc1cc2c(N3CCn4c(nnc4C(F)(F)F)C3)nc(OCC)nc2s1. The Kier molecular flexibility index (Phi) is 4.86. The van der Waals surface area contributed by atoms with Crippen LogP contribution in [0, 0.1) is 0 Å². The molecule has 0 radical (unpaired) electrons. The molecule has 0 saturated carbocycles. The summed E-state index contributed by atoms with van der Waals surface area (Å²) in [5, 5.41) is 7.98. The van der Waals surface area contributed by atoms with E-state index in [2.05, 4.69) is 33.2 Å². The lowest BCUT2D eigenvalue weighted by Gasteiger charge is -2.29. The summed E-state index contributed by atoms with van der Waals surface area (Å²) in [6, 6.07) is 2.34. The summed E-state index contributed by atoms with van der Waals surface area (Å²) in [5.41, 5.74) is 0. The zero-order valence-electron chi connectivity index (χ0n) is 15.5. The molecule has 11 heteroatoms. The van der Waals surface area contributed by atoms with Gasteiger partial charge in [-0.25, -0.2) is 0 Å². The van der Waals surface area contributed by atoms with Crippen molar-refractivity contribution in [2.75, 3.05) is 18.1 Å². The molecule has 1 aliphatic heterocycles. The molecular weight excluding hydrogens is 393 g/mol. The normalized spacial score (nSPS) is 14.5. The van der Waals surface area contributed by atoms with Crippen molar-refractivity contribution >= 4 is 27.4 Å². The van der Waals surface area contributed by atoms with Gasteiger partial charge in [0, 0.05) is 18.0 Å². The summed E-state index contributed by atoms with van der Waals surface area (Å²) in [4.78, 5) is 12.9. The van der Waals surface area contributed by atoms with Crippen molar-refractivity contribution in [2.24, 2.45) is 0 Å². The van der Waals surface area contributed by atoms with E-state index in [0.717, 1.165) is 27.6 Å². The number of hydrogen-bond donors (Lipinski definition) is 0. The minimum atomic E-state index is -4.51. The molecule has 3 aromatic rings. The molecule has 150 valence electrons. The third-order valence-corrected chi connectivity index (χ3v) is 5.57. The van der Waals surface area contributed by atoms with E-state index in [1.165, 1.54) is 4.88 Å². The van der Waals surface area contributed by atoms with E-state index >= 15 is 0 Å². The Labute approximate surface area is 163 Å². The number of halogens is 3. The van der Waals surface area contributed by atoms with Gasteiger partial charge in [0.05, 0.1) is 18.5 Å². The van der Waals surface area contributed by atoms with Gasteiger partial charge in [-0.15, -0.1) is 21.5 Å². The maximum Gasteiger partial charge on any atom is 0.451 e. The second-order valence-corrected chi connectivity index (χ2v) is 7.57. The van der Waals surface area contributed by atoms with Crippen molar-refractivity contribution in [2.45, 2.75) is 46.0 Å². The van der Waals surface area contributed by atoms with Crippen LogP contribution in [-0.2, 0) is 25.7 Å². The van der Waals surface area contributed by atoms with Gasteiger partial charge in [0.15, 0.2) is 5.82 Å². The maximum absolute atomic E-state index is 13.1. The first kappa shape index (κ1) is 18.9. The summed E-state index contributed by atoms with van der Waals surface area (Å²) < 4.78 is 45.9. The van der Waals surface area contributed by atoms with Crippen molar-refractivity contribution in [1.82, 2.24) is 24.7 Å². The molecule has 0 fully saturated rings. The quantitative estimate of drug-likeness (QED) is 0.637. The standard InChI is InChI=1S/C17H19F3N6OS/c1-3-5-10-8-11-13(21-16(27-4-2)22-14(11)28-10)25-6-7-26-12(9-25)23-24-15(26)17(18,19)20/h8H,3-7,9H2,1-2H3. The molecule has 7 nitrogen and oxygen atoms in total. The van der Waals surface area contributed by atoms with Crippen LogP contribution in [0.15, 0.2) is 6.07 Å². The average Bonchev–Trinajstić information content (AvgIpc) is 3.24. The zero-order valence-corrected chi connectivity index (χ0v) is 16.3. The van der Waals surface area contributed by atoms with Gasteiger partial charge in [-0.05, 0) is 19.4 Å². The van der Waals surface area contributed by atoms with Gasteiger partial charge in [0.1, 0.15) is 10.6 Å². The third-order valence-electron chi connectivity index (χ3n) is 4.48. The Morgan fingerprint density at radius 1 is 1.18 bits per heavy atom. The molecule has 0 amide bonds. The van der Waals surface area contributed by atoms with E-state index in [0.29, 0.717) is 19.0 Å². The van der Waals surface area contributed by atoms with Gasteiger partial charge in [0.2, 0.25) is 5.82 Å². The fourth-order valence-electron chi connectivity index (χ4n) is 3.29. The van der Waals surface area contributed by atoms with E-state index in [1.807, 2.05) is 11.8 Å². The van der Waals surface area contributed by atoms with Crippen molar-refractivity contribution < 1.29 is 17.9 Å². The second-order valence-electron chi connectivity index (χ2n) is 6.46. The van der Waals surface area contributed by atoms with E-state index in [4.69, 9.17) is 4.74 Å². The van der Waals surface area contributed by atoms with Crippen molar-refractivity contribution in [3.05, 3.63) is 22.6 Å². The molecule has 0 N–H and O–H groups in total. The Balaban J connectivity index is 1.73. The summed E-state index contributed by atoms with van der Waals surface area (Å²) >= 11 is 1.59. The first-order chi connectivity index (χ1) is 13.4.